The average molecular weight is 406 g/mol. The Morgan fingerprint density at radius 2 is 1.61 bits per heavy atom. The number of nitrogens with one attached hydrogen (secondary N) is 2. The zero-order chi connectivity index (χ0) is 21.4. The van der Waals surface area contributed by atoms with Crippen molar-refractivity contribution in [3.05, 3.63) is 0 Å². The molecule has 0 aliphatic rings. The van der Waals surface area contributed by atoms with Gasteiger partial charge in [-0.2, -0.15) is 0 Å². The fraction of sp³-hybridized carbons (Fsp3) is 0.750. The Balaban J connectivity index is 4.35. The first kappa shape index (κ1) is 25.7. The van der Waals surface area contributed by atoms with Gasteiger partial charge in [-0.3, -0.25) is 24.1 Å². The molecule has 12 heteroatoms. The summed E-state index contributed by atoms with van der Waals surface area (Å²) >= 11 is 0. The lowest BCUT2D eigenvalue weighted by molar-refractivity contribution is -0.257. The molecule has 0 aromatic heterocycles. The number of rotatable bonds is 15. The maximum Gasteiger partial charge on any atom is 0.412 e. The number of nitrogens with zero attached hydrogens (tertiary/aromatic N) is 1. The van der Waals surface area contributed by atoms with E-state index in [1.807, 2.05) is 0 Å². The highest BCUT2D eigenvalue weighted by atomic mass is 16.9. The monoisotopic (exact) mass is 406 g/mol. The lowest BCUT2D eigenvalue weighted by Crippen LogP contribution is -2.35. The van der Waals surface area contributed by atoms with Crippen LogP contribution in [0.3, 0.4) is 0 Å². The van der Waals surface area contributed by atoms with Crippen molar-refractivity contribution in [2.24, 2.45) is 5.90 Å². The number of nitrogens with two attached hydrogens (primary N) is 1. The van der Waals surface area contributed by atoms with Gasteiger partial charge in [-0.1, -0.05) is 0 Å². The minimum Gasteiger partial charge on any atom is -0.390 e. The van der Waals surface area contributed by atoms with Crippen LogP contribution in [0.4, 0.5) is 0 Å². The fourth-order valence-corrected chi connectivity index (χ4v) is 1.80. The quantitative estimate of drug-likeness (QED) is 0.122. The summed E-state index contributed by atoms with van der Waals surface area (Å²) in [5, 5.41) is 5.20. The number of carbonyl (C=O) groups is 4. The van der Waals surface area contributed by atoms with Gasteiger partial charge in [0.25, 0.3) is 0 Å². The second-order valence-electron chi connectivity index (χ2n) is 5.95. The molecule has 0 aliphatic carbocycles. The number of likely N-dealkylation sites (N-methyl/N-ethyl adjacent to an activating group) is 2. The summed E-state index contributed by atoms with van der Waals surface area (Å²) in [4.78, 5) is 52.6. The molecule has 12 nitrogen and oxygen atoms in total. The minimum absolute atomic E-state index is 0.0903. The predicted molar refractivity (Wildman–Crippen MR) is 96.2 cm³/mol. The number of ether oxygens (including phenoxy) is 3. The van der Waals surface area contributed by atoms with Crippen molar-refractivity contribution in [1.82, 2.24) is 15.5 Å². The van der Waals surface area contributed by atoms with Crippen LogP contribution in [0.25, 0.3) is 0 Å². The summed E-state index contributed by atoms with van der Waals surface area (Å²) in [6, 6.07) is 0. The minimum atomic E-state index is -1.79. The van der Waals surface area contributed by atoms with E-state index in [1.165, 1.54) is 11.9 Å². The number of esters is 3. The van der Waals surface area contributed by atoms with Crippen molar-refractivity contribution in [1.29, 1.82) is 0 Å². The summed E-state index contributed by atoms with van der Waals surface area (Å²) in [5.41, 5.74) is 0. The SMILES string of the molecule is CNCC(=O)OC(OC(=O)CCCC(=O)NCCCON)OC(=O)CN(C)C. The zero-order valence-electron chi connectivity index (χ0n) is 16.5. The first-order chi connectivity index (χ1) is 13.3. The van der Waals surface area contributed by atoms with E-state index < -0.39 is 24.4 Å². The highest BCUT2D eigenvalue weighted by Gasteiger charge is 2.23. The van der Waals surface area contributed by atoms with Crippen molar-refractivity contribution in [2.75, 3.05) is 47.4 Å². The molecule has 0 heterocycles. The van der Waals surface area contributed by atoms with E-state index in [-0.39, 0.29) is 38.3 Å². The first-order valence-electron chi connectivity index (χ1n) is 8.74. The Bertz CT molecular complexity index is 501. The van der Waals surface area contributed by atoms with Gasteiger partial charge in [-0.15, -0.1) is 0 Å². The third-order valence-corrected chi connectivity index (χ3v) is 3.00. The molecule has 1 amide bonds. The number of hydrogen-bond donors (Lipinski definition) is 3. The molecule has 0 bridgehead atoms. The lowest BCUT2D eigenvalue weighted by Gasteiger charge is -2.19. The molecule has 0 radical (unpaired) electrons. The Morgan fingerprint density at radius 3 is 2.21 bits per heavy atom. The maximum absolute atomic E-state index is 11.9. The van der Waals surface area contributed by atoms with Crippen LogP contribution >= 0.6 is 0 Å². The fourth-order valence-electron chi connectivity index (χ4n) is 1.80. The van der Waals surface area contributed by atoms with Crippen molar-refractivity contribution in [2.45, 2.75) is 32.2 Å². The summed E-state index contributed by atoms with van der Waals surface area (Å²) in [7, 11) is 4.81. The Kier molecular flexibility index (Phi) is 14.5. The van der Waals surface area contributed by atoms with Gasteiger partial charge in [0.15, 0.2) is 0 Å². The van der Waals surface area contributed by atoms with E-state index in [4.69, 9.17) is 20.1 Å². The van der Waals surface area contributed by atoms with Crippen LogP contribution in [0.5, 0.6) is 0 Å². The van der Waals surface area contributed by atoms with Crippen LogP contribution in [0.1, 0.15) is 25.7 Å². The number of hydrogen-bond acceptors (Lipinski definition) is 11. The molecule has 4 N–H and O–H groups in total. The predicted octanol–water partition coefficient (Wildman–Crippen LogP) is -1.75. The molecule has 0 rings (SSSR count). The van der Waals surface area contributed by atoms with Gasteiger partial charge in [0.05, 0.1) is 19.7 Å². The molecular weight excluding hydrogens is 376 g/mol. The van der Waals surface area contributed by atoms with Crippen LogP contribution in [0.15, 0.2) is 0 Å². The van der Waals surface area contributed by atoms with E-state index in [0.717, 1.165) is 0 Å². The Labute approximate surface area is 163 Å². The normalized spacial score (nSPS) is 11.6. The van der Waals surface area contributed by atoms with Gasteiger partial charge < -0.3 is 29.7 Å². The summed E-state index contributed by atoms with van der Waals surface area (Å²) in [6.07, 6.45) is 0.761. The van der Waals surface area contributed by atoms with Crippen LogP contribution < -0.4 is 16.5 Å². The third-order valence-electron chi connectivity index (χ3n) is 3.00. The van der Waals surface area contributed by atoms with E-state index in [9.17, 15) is 19.2 Å². The molecule has 1 unspecified atom stereocenters. The largest absolute Gasteiger partial charge is 0.412 e. The zero-order valence-corrected chi connectivity index (χ0v) is 16.5. The molecule has 0 saturated carbocycles. The molecule has 0 saturated heterocycles. The van der Waals surface area contributed by atoms with E-state index in [0.29, 0.717) is 19.6 Å². The smallest absolute Gasteiger partial charge is 0.390 e. The third kappa shape index (κ3) is 14.8. The Hall–Kier alpha value is -2.28. The standard InChI is InChI=1S/C16H30N4O8/c1-18-10-14(23)27-16(28-15(24)11-20(2)3)26-13(22)7-4-6-12(21)19-8-5-9-25-17/h16,18H,4-11,17H2,1-3H3,(H,19,21). The van der Waals surface area contributed by atoms with Crippen molar-refractivity contribution in [3.63, 3.8) is 0 Å². The molecule has 1 atom stereocenters. The van der Waals surface area contributed by atoms with Crippen molar-refractivity contribution >= 4 is 23.8 Å². The molecule has 28 heavy (non-hydrogen) atoms. The molecule has 162 valence electrons. The molecule has 0 aromatic carbocycles. The average Bonchev–Trinajstić information content (AvgIpc) is 2.58. The number of amides is 1. The maximum atomic E-state index is 11.9. The van der Waals surface area contributed by atoms with E-state index in [2.05, 4.69) is 15.5 Å². The van der Waals surface area contributed by atoms with Gasteiger partial charge >= 0.3 is 24.4 Å². The van der Waals surface area contributed by atoms with Gasteiger partial charge in [0.1, 0.15) is 0 Å². The highest BCUT2D eigenvalue weighted by Crippen LogP contribution is 2.05. The van der Waals surface area contributed by atoms with Gasteiger partial charge in [-0.05, 0) is 34.0 Å². The van der Waals surface area contributed by atoms with Crippen LogP contribution in [0.2, 0.25) is 0 Å². The number of carbonyl (C=O) groups excluding carboxylic acids is 4. The van der Waals surface area contributed by atoms with Crippen LogP contribution in [-0.2, 0) is 38.2 Å². The second kappa shape index (κ2) is 15.7. The molecule has 0 aromatic rings. The topological polar surface area (TPSA) is 159 Å². The van der Waals surface area contributed by atoms with E-state index in [1.54, 1.807) is 14.1 Å². The van der Waals surface area contributed by atoms with Gasteiger partial charge in [-0.25, -0.2) is 5.90 Å². The molecule has 0 fully saturated rings. The van der Waals surface area contributed by atoms with Crippen LogP contribution in [-0.4, -0.2) is 82.6 Å². The summed E-state index contributed by atoms with van der Waals surface area (Å²) in [5.74, 6) is 2.36. The van der Waals surface area contributed by atoms with Gasteiger partial charge in [0, 0.05) is 19.4 Å². The van der Waals surface area contributed by atoms with Crippen molar-refractivity contribution in [3.8, 4) is 0 Å². The highest BCUT2D eigenvalue weighted by molar-refractivity contribution is 5.77. The molecular formula is C16H30N4O8. The van der Waals surface area contributed by atoms with Gasteiger partial charge in [0.2, 0.25) is 5.91 Å². The van der Waals surface area contributed by atoms with Crippen LogP contribution in [0, 0.1) is 0 Å². The molecule has 0 spiro atoms. The first-order valence-corrected chi connectivity index (χ1v) is 8.74. The Morgan fingerprint density at radius 1 is 0.964 bits per heavy atom. The summed E-state index contributed by atoms with van der Waals surface area (Å²) < 4.78 is 14.5. The van der Waals surface area contributed by atoms with E-state index >= 15 is 0 Å². The molecule has 0 aliphatic heterocycles. The lowest BCUT2D eigenvalue weighted by atomic mass is 10.2. The van der Waals surface area contributed by atoms with Crippen molar-refractivity contribution < 1.29 is 38.2 Å². The summed E-state index contributed by atoms with van der Waals surface area (Å²) in [6.45, 7) is -1.30. The second-order valence-corrected chi connectivity index (χ2v) is 5.95.